The van der Waals surface area contributed by atoms with E-state index in [2.05, 4.69) is 14.8 Å². The Morgan fingerprint density at radius 3 is 3.05 bits per heavy atom. The van der Waals surface area contributed by atoms with Crippen LogP contribution in [0, 0.1) is 5.41 Å². The normalized spacial score (nSPS) is 24.0. The second-order valence-electron chi connectivity index (χ2n) is 5.42. The SMILES string of the molecule is N=C(N)c1cccnc1N1CCN2CCCCC2C1. The largest absolute Gasteiger partial charge is 0.384 e. The first kappa shape index (κ1) is 12.4. The highest BCUT2D eigenvalue weighted by atomic mass is 15.3. The lowest BCUT2D eigenvalue weighted by atomic mass is 9.99. The maximum atomic E-state index is 7.68. The molecule has 102 valence electrons. The molecule has 0 aliphatic carbocycles. The van der Waals surface area contributed by atoms with Gasteiger partial charge in [-0.2, -0.15) is 0 Å². The van der Waals surface area contributed by atoms with E-state index in [9.17, 15) is 0 Å². The number of hydrogen-bond acceptors (Lipinski definition) is 4. The zero-order valence-corrected chi connectivity index (χ0v) is 11.2. The summed E-state index contributed by atoms with van der Waals surface area (Å²) in [7, 11) is 0. The number of nitrogen functional groups attached to an aromatic ring is 1. The fourth-order valence-corrected chi connectivity index (χ4v) is 3.21. The maximum Gasteiger partial charge on any atom is 0.139 e. The number of nitrogens with zero attached hydrogens (tertiary/aromatic N) is 3. The molecule has 1 aromatic rings. The lowest BCUT2D eigenvalue weighted by Gasteiger charge is -2.44. The van der Waals surface area contributed by atoms with E-state index in [-0.39, 0.29) is 5.84 Å². The lowest BCUT2D eigenvalue weighted by Crippen LogP contribution is -2.55. The lowest BCUT2D eigenvalue weighted by molar-refractivity contribution is 0.133. The minimum atomic E-state index is 0.106. The molecule has 0 aromatic carbocycles. The highest BCUT2D eigenvalue weighted by Gasteiger charge is 2.30. The average molecular weight is 259 g/mol. The number of nitrogens with two attached hydrogens (primary N) is 1. The van der Waals surface area contributed by atoms with Crippen molar-refractivity contribution in [3.8, 4) is 0 Å². The monoisotopic (exact) mass is 259 g/mol. The van der Waals surface area contributed by atoms with Gasteiger partial charge in [0.2, 0.25) is 0 Å². The molecule has 2 aliphatic heterocycles. The van der Waals surface area contributed by atoms with Gasteiger partial charge < -0.3 is 10.6 Å². The van der Waals surface area contributed by atoms with E-state index in [4.69, 9.17) is 11.1 Å². The van der Waals surface area contributed by atoms with Crippen molar-refractivity contribution in [2.75, 3.05) is 31.1 Å². The molecule has 3 N–H and O–H groups in total. The van der Waals surface area contributed by atoms with Crippen molar-refractivity contribution in [3.63, 3.8) is 0 Å². The molecule has 5 nitrogen and oxygen atoms in total. The molecular formula is C14H21N5. The zero-order valence-electron chi connectivity index (χ0n) is 11.2. The first-order chi connectivity index (χ1) is 9.25. The van der Waals surface area contributed by atoms with Crippen molar-refractivity contribution in [3.05, 3.63) is 23.9 Å². The fourth-order valence-electron chi connectivity index (χ4n) is 3.21. The van der Waals surface area contributed by atoms with Crippen molar-refractivity contribution < 1.29 is 0 Å². The third-order valence-electron chi connectivity index (χ3n) is 4.21. The molecule has 0 amide bonds. The number of pyridine rings is 1. The van der Waals surface area contributed by atoms with E-state index >= 15 is 0 Å². The quantitative estimate of drug-likeness (QED) is 0.615. The predicted molar refractivity (Wildman–Crippen MR) is 76.7 cm³/mol. The summed E-state index contributed by atoms with van der Waals surface area (Å²) in [5.74, 6) is 0.981. The van der Waals surface area contributed by atoms with E-state index < -0.39 is 0 Å². The van der Waals surface area contributed by atoms with Crippen LogP contribution >= 0.6 is 0 Å². The molecule has 1 atom stereocenters. The van der Waals surface area contributed by atoms with Crippen molar-refractivity contribution in [2.24, 2.45) is 5.73 Å². The van der Waals surface area contributed by atoms with Crippen LogP contribution in [-0.4, -0.2) is 47.9 Å². The van der Waals surface area contributed by atoms with Crippen LogP contribution in [0.25, 0.3) is 0 Å². The Bertz CT molecular complexity index is 473. The molecule has 0 spiro atoms. The van der Waals surface area contributed by atoms with Gasteiger partial charge in [-0.25, -0.2) is 4.98 Å². The molecular weight excluding hydrogens is 238 g/mol. The van der Waals surface area contributed by atoms with Crippen molar-refractivity contribution in [1.82, 2.24) is 9.88 Å². The highest BCUT2D eigenvalue weighted by molar-refractivity contribution is 5.99. The summed E-state index contributed by atoms with van der Waals surface area (Å²) in [6.45, 7) is 4.32. The van der Waals surface area contributed by atoms with Crippen LogP contribution in [-0.2, 0) is 0 Å². The van der Waals surface area contributed by atoms with Gasteiger partial charge in [0.25, 0.3) is 0 Å². The minimum absolute atomic E-state index is 0.106. The fraction of sp³-hybridized carbons (Fsp3) is 0.571. The molecule has 2 saturated heterocycles. The van der Waals surface area contributed by atoms with Gasteiger partial charge in [0.15, 0.2) is 0 Å². The Labute approximate surface area is 113 Å². The summed E-state index contributed by atoms with van der Waals surface area (Å²) >= 11 is 0. The number of hydrogen-bond donors (Lipinski definition) is 2. The number of fused-ring (bicyclic) bond motifs is 1. The molecule has 0 saturated carbocycles. The molecule has 3 heterocycles. The van der Waals surface area contributed by atoms with Gasteiger partial charge in [-0.3, -0.25) is 10.3 Å². The minimum Gasteiger partial charge on any atom is -0.384 e. The summed E-state index contributed by atoms with van der Waals surface area (Å²) in [6, 6.07) is 4.37. The van der Waals surface area contributed by atoms with Gasteiger partial charge in [0.1, 0.15) is 11.7 Å². The van der Waals surface area contributed by atoms with E-state index in [0.717, 1.165) is 31.0 Å². The summed E-state index contributed by atoms with van der Waals surface area (Å²) in [5.41, 5.74) is 6.42. The number of aromatic nitrogens is 1. The topological polar surface area (TPSA) is 69.2 Å². The molecule has 1 aromatic heterocycles. The molecule has 0 radical (unpaired) electrons. The number of anilines is 1. The van der Waals surface area contributed by atoms with Gasteiger partial charge in [0.05, 0.1) is 5.56 Å². The molecule has 2 fully saturated rings. The Morgan fingerprint density at radius 1 is 1.32 bits per heavy atom. The summed E-state index contributed by atoms with van der Waals surface area (Å²) < 4.78 is 0. The smallest absolute Gasteiger partial charge is 0.139 e. The molecule has 1 unspecified atom stereocenters. The predicted octanol–water partition coefficient (Wildman–Crippen LogP) is 1.04. The Balaban J connectivity index is 1.81. The van der Waals surface area contributed by atoms with Gasteiger partial charge in [-0.05, 0) is 31.5 Å². The zero-order chi connectivity index (χ0) is 13.2. The van der Waals surface area contributed by atoms with Gasteiger partial charge in [0, 0.05) is 31.9 Å². The molecule has 5 heteroatoms. The molecule has 3 rings (SSSR count). The standard InChI is InChI=1S/C14H21N5/c15-13(16)12-5-3-6-17-14(12)19-9-8-18-7-2-1-4-11(18)10-19/h3,5-6,11H,1-2,4,7-10H2,(H3,15,16). The van der Waals surface area contributed by atoms with Crippen LogP contribution in [0.1, 0.15) is 24.8 Å². The molecule has 19 heavy (non-hydrogen) atoms. The van der Waals surface area contributed by atoms with Crippen LogP contribution in [0.4, 0.5) is 5.82 Å². The molecule has 0 bridgehead atoms. The van der Waals surface area contributed by atoms with Crippen molar-refractivity contribution in [1.29, 1.82) is 5.41 Å². The average Bonchev–Trinajstić information content (AvgIpc) is 2.46. The first-order valence-corrected chi connectivity index (χ1v) is 7.04. The van der Waals surface area contributed by atoms with Gasteiger partial charge in [-0.15, -0.1) is 0 Å². The molecule has 2 aliphatic rings. The third-order valence-corrected chi connectivity index (χ3v) is 4.21. The van der Waals surface area contributed by atoms with Crippen LogP contribution in [0.3, 0.4) is 0 Å². The Hall–Kier alpha value is -1.62. The summed E-state index contributed by atoms with van der Waals surface area (Å²) in [4.78, 5) is 9.34. The maximum absolute atomic E-state index is 7.68. The first-order valence-electron chi connectivity index (χ1n) is 7.04. The van der Waals surface area contributed by atoms with Crippen molar-refractivity contribution in [2.45, 2.75) is 25.3 Å². The van der Waals surface area contributed by atoms with E-state index in [1.165, 1.54) is 25.8 Å². The summed E-state index contributed by atoms with van der Waals surface area (Å²) in [6.07, 6.45) is 5.73. The number of amidine groups is 1. The second-order valence-corrected chi connectivity index (χ2v) is 5.42. The van der Waals surface area contributed by atoms with E-state index in [1.807, 2.05) is 12.1 Å². The van der Waals surface area contributed by atoms with Crippen LogP contribution in [0.15, 0.2) is 18.3 Å². The van der Waals surface area contributed by atoms with Gasteiger partial charge in [-0.1, -0.05) is 6.42 Å². The highest BCUT2D eigenvalue weighted by Crippen LogP contribution is 2.25. The van der Waals surface area contributed by atoms with Crippen LogP contribution in [0.5, 0.6) is 0 Å². The summed E-state index contributed by atoms with van der Waals surface area (Å²) in [5, 5.41) is 7.68. The van der Waals surface area contributed by atoms with Crippen LogP contribution in [0.2, 0.25) is 0 Å². The number of piperidine rings is 1. The van der Waals surface area contributed by atoms with E-state index in [1.54, 1.807) is 6.20 Å². The Morgan fingerprint density at radius 2 is 2.21 bits per heavy atom. The Kier molecular flexibility index (Phi) is 3.38. The van der Waals surface area contributed by atoms with Gasteiger partial charge >= 0.3 is 0 Å². The third kappa shape index (κ3) is 2.42. The number of nitrogens with one attached hydrogen (secondary N) is 1. The second kappa shape index (κ2) is 5.17. The van der Waals surface area contributed by atoms with E-state index in [0.29, 0.717) is 6.04 Å². The number of rotatable bonds is 2. The number of piperazine rings is 1. The van der Waals surface area contributed by atoms with Crippen LogP contribution < -0.4 is 10.6 Å². The van der Waals surface area contributed by atoms with Crippen molar-refractivity contribution >= 4 is 11.7 Å².